The second-order valence-electron chi connectivity index (χ2n) is 6.54. The van der Waals surface area contributed by atoms with Gasteiger partial charge >= 0.3 is 0 Å². The highest BCUT2D eigenvalue weighted by Crippen LogP contribution is 2.29. The van der Waals surface area contributed by atoms with Crippen LogP contribution in [0, 0.1) is 0 Å². The van der Waals surface area contributed by atoms with Gasteiger partial charge in [0.05, 0.1) is 6.54 Å². The predicted molar refractivity (Wildman–Crippen MR) is 120 cm³/mol. The first kappa shape index (κ1) is 20.2. The van der Waals surface area contributed by atoms with Crippen LogP contribution in [0.1, 0.15) is 29.5 Å². The second kappa shape index (κ2) is 10.1. The first-order chi connectivity index (χ1) is 13.2. The van der Waals surface area contributed by atoms with Gasteiger partial charge in [0.15, 0.2) is 0 Å². The maximum atomic E-state index is 13.0. The molecule has 0 spiro atoms. The van der Waals surface area contributed by atoms with Gasteiger partial charge in [0.2, 0.25) is 11.8 Å². The van der Waals surface area contributed by atoms with Crippen LogP contribution < -0.4 is 10.2 Å². The molecule has 0 atom stereocenters. The van der Waals surface area contributed by atoms with E-state index >= 15 is 0 Å². The average molecular weight is 494 g/mol. The lowest BCUT2D eigenvalue weighted by Crippen LogP contribution is -2.34. The van der Waals surface area contributed by atoms with Crippen molar-refractivity contribution in [2.45, 2.75) is 32.2 Å². The minimum atomic E-state index is -0.0606. The Morgan fingerprint density at radius 2 is 1.63 bits per heavy atom. The number of nitrogens with zero attached hydrogens (tertiary/aromatic N) is 1. The summed E-state index contributed by atoms with van der Waals surface area (Å²) < 4.78 is 0. The molecule has 1 heterocycles. The number of carbonyl (C=O) groups excluding carboxylic acids is 2. The van der Waals surface area contributed by atoms with E-state index in [2.05, 4.69) is 50.8 Å². The Balaban J connectivity index is 1.75. The molecule has 0 saturated heterocycles. The van der Waals surface area contributed by atoms with Crippen LogP contribution in [0.3, 0.4) is 0 Å². The molecule has 0 aromatic heterocycles. The van der Waals surface area contributed by atoms with Crippen molar-refractivity contribution < 1.29 is 9.59 Å². The van der Waals surface area contributed by atoms with Crippen molar-refractivity contribution in [3.05, 3.63) is 65.2 Å². The molecule has 0 bridgehead atoms. The molecular weight excluding hydrogens is 471 g/mol. The summed E-state index contributed by atoms with van der Waals surface area (Å²) in [7, 11) is 1.66. The van der Waals surface area contributed by atoms with Crippen molar-refractivity contribution in [2.75, 3.05) is 17.2 Å². The van der Waals surface area contributed by atoms with Gasteiger partial charge < -0.3 is 10.2 Å². The van der Waals surface area contributed by atoms with Crippen molar-refractivity contribution in [3.8, 4) is 0 Å². The third kappa shape index (κ3) is 5.48. The fourth-order valence-electron chi connectivity index (χ4n) is 3.36. The number of nitrogens with one attached hydrogen (secondary N) is 1. The van der Waals surface area contributed by atoms with E-state index in [1.165, 1.54) is 16.7 Å². The summed E-state index contributed by atoms with van der Waals surface area (Å²) in [5, 5.41) is 2.86. The lowest BCUT2D eigenvalue weighted by Gasteiger charge is -2.29. The molecule has 0 saturated carbocycles. The van der Waals surface area contributed by atoms with Crippen molar-refractivity contribution in [2.24, 2.45) is 0 Å². The number of amides is 2. The molecule has 0 unspecified atom stereocenters. The van der Waals surface area contributed by atoms with Gasteiger partial charge in [-0.1, -0.05) is 51.4 Å². The maximum Gasteiger partial charge on any atom is 0.227 e. The average Bonchev–Trinajstić information content (AvgIpc) is 2.68. The van der Waals surface area contributed by atoms with E-state index in [0.717, 1.165) is 24.3 Å². The Morgan fingerprint density at radius 1 is 0.963 bits per heavy atom. The SMILES string of the molecule is O=C(CCC(=O)N1Cc2ccccc2CCc2ccccc21)NCCSI. The molecule has 2 aromatic carbocycles. The molecule has 1 N–H and O–H groups in total. The van der Waals surface area contributed by atoms with E-state index < -0.39 is 0 Å². The number of para-hydroxylation sites is 1. The Labute approximate surface area is 176 Å². The van der Waals surface area contributed by atoms with Crippen LogP contribution in [0.4, 0.5) is 5.69 Å². The topological polar surface area (TPSA) is 49.4 Å². The van der Waals surface area contributed by atoms with Crippen molar-refractivity contribution >= 4 is 47.6 Å². The van der Waals surface area contributed by atoms with E-state index in [0.29, 0.717) is 13.1 Å². The molecular formula is C21H23IN2O2S. The van der Waals surface area contributed by atoms with Crippen molar-refractivity contribution in [3.63, 3.8) is 0 Å². The first-order valence-electron chi connectivity index (χ1n) is 9.14. The third-order valence-electron chi connectivity index (χ3n) is 4.76. The molecule has 2 aromatic rings. The number of hydrogen-bond acceptors (Lipinski definition) is 3. The molecule has 4 nitrogen and oxygen atoms in total. The zero-order valence-corrected chi connectivity index (χ0v) is 18.1. The number of rotatable bonds is 6. The van der Waals surface area contributed by atoms with Crippen LogP contribution in [-0.4, -0.2) is 24.1 Å². The molecule has 3 rings (SSSR count). The molecule has 6 heteroatoms. The van der Waals surface area contributed by atoms with E-state index in [1.807, 2.05) is 29.2 Å². The van der Waals surface area contributed by atoms with Crippen LogP contribution in [0.2, 0.25) is 0 Å². The number of anilines is 1. The molecule has 1 aliphatic heterocycles. The quantitative estimate of drug-likeness (QED) is 0.482. The highest BCUT2D eigenvalue weighted by molar-refractivity contribution is 14.2. The summed E-state index contributed by atoms with van der Waals surface area (Å²) in [6.45, 7) is 1.19. The number of fused-ring (bicyclic) bond motifs is 2. The number of carbonyl (C=O) groups is 2. The summed E-state index contributed by atoms with van der Waals surface area (Å²) in [6.07, 6.45) is 2.34. The Kier molecular flexibility index (Phi) is 7.58. The minimum Gasteiger partial charge on any atom is -0.355 e. The van der Waals surface area contributed by atoms with Gasteiger partial charge in [0.25, 0.3) is 0 Å². The monoisotopic (exact) mass is 494 g/mol. The van der Waals surface area contributed by atoms with Crippen molar-refractivity contribution in [1.82, 2.24) is 5.32 Å². The van der Waals surface area contributed by atoms with E-state index in [-0.39, 0.29) is 24.7 Å². The zero-order valence-electron chi connectivity index (χ0n) is 15.1. The number of aryl methyl sites for hydroxylation is 2. The van der Waals surface area contributed by atoms with Gasteiger partial charge in [-0.2, -0.15) is 0 Å². The summed E-state index contributed by atoms with van der Waals surface area (Å²) in [5.74, 6) is 0.809. The summed E-state index contributed by atoms with van der Waals surface area (Å²) in [5.41, 5.74) is 4.63. The Hall–Kier alpha value is -1.54. The predicted octanol–water partition coefficient (Wildman–Crippen LogP) is 4.30. The highest BCUT2D eigenvalue weighted by atomic mass is 127. The Morgan fingerprint density at radius 3 is 2.41 bits per heavy atom. The van der Waals surface area contributed by atoms with Crippen LogP contribution in [-0.2, 0) is 29.0 Å². The van der Waals surface area contributed by atoms with E-state index in [4.69, 9.17) is 0 Å². The van der Waals surface area contributed by atoms with Crippen LogP contribution in [0.25, 0.3) is 0 Å². The second-order valence-corrected chi connectivity index (χ2v) is 9.04. The molecule has 1 aliphatic rings. The summed E-state index contributed by atoms with van der Waals surface area (Å²) >= 11 is 2.21. The standard InChI is InChI=1S/C21H23IN2O2S/c22-27-14-13-23-20(25)11-12-21(26)24-15-18-7-2-1-5-16(18)9-10-17-6-3-4-8-19(17)24/h1-8H,9-15H2,(H,23,25). The third-order valence-corrected chi connectivity index (χ3v) is 6.44. The normalized spacial score (nSPS) is 13.1. The molecule has 0 fully saturated rings. The Bertz CT molecular complexity index is 812. The highest BCUT2D eigenvalue weighted by Gasteiger charge is 2.22. The largest absolute Gasteiger partial charge is 0.355 e. The fourth-order valence-corrected chi connectivity index (χ4v) is 4.20. The van der Waals surface area contributed by atoms with Gasteiger partial charge in [0, 0.05) is 30.8 Å². The number of benzene rings is 2. The molecule has 27 heavy (non-hydrogen) atoms. The van der Waals surface area contributed by atoms with E-state index in [1.54, 1.807) is 8.93 Å². The lowest BCUT2D eigenvalue weighted by molar-refractivity contribution is -0.125. The van der Waals surface area contributed by atoms with E-state index in [9.17, 15) is 9.59 Å². The van der Waals surface area contributed by atoms with Gasteiger partial charge in [-0.25, -0.2) is 0 Å². The molecule has 2 amide bonds. The van der Waals surface area contributed by atoms with Crippen LogP contribution in [0.5, 0.6) is 0 Å². The summed E-state index contributed by atoms with van der Waals surface area (Å²) in [4.78, 5) is 26.8. The molecule has 0 radical (unpaired) electrons. The van der Waals surface area contributed by atoms with Gasteiger partial charge in [-0.05, 0) is 56.8 Å². The molecule has 0 aliphatic carbocycles. The molecule has 142 valence electrons. The lowest BCUT2D eigenvalue weighted by atomic mass is 9.95. The first-order valence-corrected chi connectivity index (χ1v) is 12.7. The number of halogens is 1. The fraction of sp³-hybridized carbons (Fsp3) is 0.333. The smallest absolute Gasteiger partial charge is 0.227 e. The minimum absolute atomic E-state index is 0.00225. The van der Waals surface area contributed by atoms with Gasteiger partial charge in [-0.3, -0.25) is 9.59 Å². The van der Waals surface area contributed by atoms with Gasteiger partial charge in [-0.15, -0.1) is 0 Å². The summed E-state index contributed by atoms with van der Waals surface area (Å²) in [6, 6.07) is 16.4. The number of hydrogen-bond donors (Lipinski definition) is 1. The van der Waals surface area contributed by atoms with Gasteiger partial charge in [0.1, 0.15) is 0 Å². The van der Waals surface area contributed by atoms with Crippen LogP contribution in [0.15, 0.2) is 48.5 Å². The maximum absolute atomic E-state index is 13.0. The van der Waals surface area contributed by atoms with Crippen LogP contribution >= 0.6 is 30.1 Å². The van der Waals surface area contributed by atoms with Crippen molar-refractivity contribution in [1.29, 1.82) is 0 Å². The zero-order chi connectivity index (χ0) is 19.1.